The molecular formula is C15H24N6O3. The number of carbonyl (C=O) groups excluding carboxylic acids is 2. The van der Waals surface area contributed by atoms with Gasteiger partial charge in [0.25, 0.3) is 5.91 Å². The molecule has 0 aliphatic carbocycles. The summed E-state index contributed by atoms with van der Waals surface area (Å²) in [6.07, 6.45) is 4.53. The number of piperidine rings is 1. The third kappa shape index (κ3) is 4.44. The molecule has 0 spiro atoms. The molecule has 2 aliphatic rings. The van der Waals surface area contributed by atoms with Crippen molar-refractivity contribution in [2.45, 2.75) is 25.8 Å². The highest BCUT2D eigenvalue weighted by atomic mass is 16.6. The Bertz CT molecular complexity index is 569. The van der Waals surface area contributed by atoms with Crippen molar-refractivity contribution in [2.75, 3.05) is 39.3 Å². The van der Waals surface area contributed by atoms with Crippen LogP contribution in [0.15, 0.2) is 6.20 Å². The van der Waals surface area contributed by atoms with Crippen LogP contribution < -0.4 is 10.6 Å². The summed E-state index contributed by atoms with van der Waals surface area (Å²) in [6, 6.07) is 0. The number of ether oxygens (including phenoxy) is 1. The van der Waals surface area contributed by atoms with Gasteiger partial charge in [0.1, 0.15) is 0 Å². The van der Waals surface area contributed by atoms with Crippen LogP contribution in [-0.2, 0) is 11.3 Å². The summed E-state index contributed by atoms with van der Waals surface area (Å²) in [5, 5.41) is 14.1. The van der Waals surface area contributed by atoms with Gasteiger partial charge in [-0.1, -0.05) is 5.21 Å². The van der Waals surface area contributed by atoms with Crippen LogP contribution in [0.5, 0.6) is 0 Å². The summed E-state index contributed by atoms with van der Waals surface area (Å²) >= 11 is 0. The summed E-state index contributed by atoms with van der Waals surface area (Å²) in [7, 11) is 0. The minimum atomic E-state index is -0.317. The van der Waals surface area contributed by atoms with E-state index in [2.05, 4.69) is 20.9 Å². The first-order valence-corrected chi connectivity index (χ1v) is 8.53. The molecule has 2 N–H and O–H groups in total. The van der Waals surface area contributed by atoms with Crippen LogP contribution in [0, 0.1) is 5.92 Å². The Morgan fingerprint density at radius 3 is 3.17 bits per heavy atom. The second-order valence-corrected chi connectivity index (χ2v) is 6.25. The summed E-state index contributed by atoms with van der Waals surface area (Å²) in [6.45, 7) is 4.77. The Kier molecular flexibility index (Phi) is 5.63. The lowest BCUT2D eigenvalue weighted by Gasteiger charge is -2.26. The number of rotatable bonds is 6. The van der Waals surface area contributed by atoms with Gasteiger partial charge in [-0.3, -0.25) is 9.48 Å². The Morgan fingerprint density at radius 1 is 1.46 bits per heavy atom. The minimum absolute atomic E-state index is 0.270. The molecular weight excluding hydrogens is 312 g/mol. The predicted molar refractivity (Wildman–Crippen MR) is 85.5 cm³/mol. The van der Waals surface area contributed by atoms with Gasteiger partial charge in [0, 0.05) is 26.2 Å². The molecule has 0 unspecified atom stereocenters. The average Bonchev–Trinajstić information content (AvgIpc) is 3.06. The van der Waals surface area contributed by atoms with Crippen molar-refractivity contribution in [1.29, 1.82) is 0 Å². The first kappa shape index (κ1) is 16.7. The molecule has 9 heteroatoms. The highest BCUT2D eigenvalue weighted by Gasteiger charge is 2.20. The van der Waals surface area contributed by atoms with Crippen molar-refractivity contribution < 1.29 is 14.3 Å². The summed E-state index contributed by atoms with van der Waals surface area (Å²) < 4.78 is 6.68. The molecule has 24 heavy (non-hydrogen) atoms. The highest BCUT2D eigenvalue weighted by Crippen LogP contribution is 2.12. The second kappa shape index (κ2) is 8.09. The third-order valence-electron chi connectivity index (χ3n) is 4.34. The molecule has 1 aromatic rings. The summed E-state index contributed by atoms with van der Waals surface area (Å²) in [5.41, 5.74) is 0.306. The predicted octanol–water partition coefficient (Wildman–Crippen LogP) is -0.150. The fraction of sp³-hybridized carbons (Fsp3) is 0.733. The van der Waals surface area contributed by atoms with E-state index in [0.29, 0.717) is 37.9 Å². The Hall–Kier alpha value is -2.16. The van der Waals surface area contributed by atoms with Gasteiger partial charge in [0.15, 0.2) is 5.69 Å². The van der Waals surface area contributed by atoms with Gasteiger partial charge in [0.2, 0.25) is 0 Å². The zero-order valence-corrected chi connectivity index (χ0v) is 13.7. The maximum Gasteiger partial charge on any atom is 0.409 e. The lowest BCUT2D eigenvalue weighted by Crippen LogP contribution is -2.42. The molecule has 2 amide bonds. The molecule has 0 aromatic carbocycles. The zero-order chi connectivity index (χ0) is 16.8. The van der Waals surface area contributed by atoms with Crippen LogP contribution in [0.1, 0.15) is 29.8 Å². The van der Waals surface area contributed by atoms with E-state index in [4.69, 9.17) is 4.74 Å². The fourth-order valence-electron chi connectivity index (χ4n) is 3.03. The fourth-order valence-corrected chi connectivity index (χ4v) is 3.03. The quantitative estimate of drug-likeness (QED) is 0.749. The number of nitrogens with one attached hydrogen (secondary N) is 2. The number of hydrogen-bond acceptors (Lipinski definition) is 6. The molecule has 3 heterocycles. The first-order valence-electron chi connectivity index (χ1n) is 8.53. The van der Waals surface area contributed by atoms with Gasteiger partial charge in [-0.05, 0) is 38.3 Å². The van der Waals surface area contributed by atoms with Gasteiger partial charge in [-0.2, -0.15) is 0 Å². The molecule has 2 saturated heterocycles. The van der Waals surface area contributed by atoms with Crippen molar-refractivity contribution in [3.8, 4) is 0 Å². The van der Waals surface area contributed by atoms with Gasteiger partial charge < -0.3 is 20.3 Å². The van der Waals surface area contributed by atoms with Crippen LogP contribution in [0.3, 0.4) is 0 Å². The van der Waals surface area contributed by atoms with Gasteiger partial charge in [-0.15, -0.1) is 5.10 Å². The molecule has 3 rings (SSSR count). The molecule has 1 aromatic heterocycles. The maximum atomic E-state index is 12.1. The topological polar surface area (TPSA) is 101 Å². The molecule has 0 saturated carbocycles. The second-order valence-electron chi connectivity index (χ2n) is 6.25. The monoisotopic (exact) mass is 336 g/mol. The van der Waals surface area contributed by atoms with E-state index < -0.39 is 0 Å². The maximum absolute atomic E-state index is 12.1. The van der Waals surface area contributed by atoms with E-state index >= 15 is 0 Å². The van der Waals surface area contributed by atoms with Gasteiger partial charge in [-0.25, -0.2) is 4.79 Å². The molecule has 0 radical (unpaired) electrons. The largest absolute Gasteiger partial charge is 0.449 e. The molecule has 2 fully saturated rings. The SMILES string of the molecule is O=C(NCCN1CCCOC1=O)c1cn(C[C@@H]2CCCNC2)nn1. The van der Waals surface area contributed by atoms with E-state index in [-0.39, 0.29) is 12.0 Å². The van der Waals surface area contributed by atoms with Crippen molar-refractivity contribution in [1.82, 2.24) is 30.5 Å². The lowest BCUT2D eigenvalue weighted by atomic mass is 10.00. The molecule has 0 bridgehead atoms. The van der Waals surface area contributed by atoms with E-state index in [1.165, 1.54) is 12.8 Å². The average molecular weight is 336 g/mol. The van der Waals surface area contributed by atoms with Gasteiger partial charge in [0.05, 0.1) is 12.8 Å². The number of cyclic esters (lactones) is 1. The first-order chi connectivity index (χ1) is 11.7. The number of carbonyl (C=O) groups is 2. The van der Waals surface area contributed by atoms with E-state index in [1.807, 2.05) is 0 Å². The Morgan fingerprint density at radius 2 is 2.38 bits per heavy atom. The molecule has 9 nitrogen and oxygen atoms in total. The van der Waals surface area contributed by atoms with Crippen molar-refractivity contribution in [3.63, 3.8) is 0 Å². The number of aromatic nitrogens is 3. The van der Waals surface area contributed by atoms with Crippen molar-refractivity contribution in [2.24, 2.45) is 5.92 Å². The molecule has 2 aliphatic heterocycles. The third-order valence-corrected chi connectivity index (χ3v) is 4.34. The molecule has 132 valence electrons. The van der Waals surface area contributed by atoms with Crippen molar-refractivity contribution in [3.05, 3.63) is 11.9 Å². The standard InChI is InChI=1S/C15H24N6O3/c22-14(17-5-7-20-6-2-8-24-15(20)23)13-11-21(19-18-13)10-12-3-1-4-16-9-12/h11-12,16H,1-10H2,(H,17,22)/t12-/m1/s1. The molecule has 1 atom stereocenters. The van der Waals surface area contributed by atoms with Crippen LogP contribution in [-0.4, -0.2) is 71.2 Å². The lowest BCUT2D eigenvalue weighted by molar-refractivity contribution is 0.0719. The summed E-state index contributed by atoms with van der Waals surface area (Å²) in [4.78, 5) is 25.2. The van der Waals surface area contributed by atoms with Crippen LogP contribution in [0.25, 0.3) is 0 Å². The minimum Gasteiger partial charge on any atom is -0.449 e. The highest BCUT2D eigenvalue weighted by molar-refractivity contribution is 5.91. The van der Waals surface area contributed by atoms with Crippen LogP contribution >= 0.6 is 0 Å². The van der Waals surface area contributed by atoms with E-state index in [0.717, 1.165) is 26.1 Å². The van der Waals surface area contributed by atoms with Crippen LogP contribution in [0.4, 0.5) is 4.79 Å². The number of nitrogens with zero attached hydrogens (tertiary/aromatic N) is 4. The summed E-state index contributed by atoms with van der Waals surface area (Å²) in [5.74, 6) is 0.259. The van der Waals surface area contributed by atoms with Crippen molar-refractivity contribution >= 4 is 12.0 Å². The van der Waals surface area contributed by atoms with Crippen LogP contribution in [0.2, 0.25) is 0 Å². The smallest absolute Gasteiger partial charge is 0.409 e. The number of amides is 2. The van der Waals surface area contributed by atoms with E-state index in [9.17, 15) is 9.59 Å². The van der Waals surface area contributed by atoms with Gasteiger partial charge >= 0.3 is 6.09 Å². The Labute approximate surface area is 140 Å². The normalized spacial score (nSPS) is 21.4. The Balaban J connectivity index is 1.42. The number of hydrogen-bond donors (Lipinski definition) is 2. The van der Waals surface area contributed by atoms with E-state index in [1.54, 1.807) is 15.8 Å². The zero-order valence-electron chi connectivity index (χ0n) is 13.7.